The Balaban J connectivity index is 1.40. The maximum Gasteiger partial charge on any atom is 0.239 e. The molecule has 4 rings (SSSR count). The molecule has 0 bridgehead atoms. The molecule has 7 nitrogen and oxygen atoms in total. The molecular weight excluding hydrogens is 342 g/mol. The van der Waals surface area contributed by atoms with Crippen LogP contribution in [0.1, 0.15) is 12.0 Å². The Labute approximate surface area is 147 Å². The molecule has 1 aromatic rings. The van der Waals surface area contributed by atoms with E-state index in [4.69, 9.17) is 4.74 Å². The summed E-state index contributed by atoms with van der Waals surface area (Å²) in [6.45, 7) is 1.73. The minimum Gasteiger partial charge on any atom is -0.376 e. The van der Waals surface area contributed by atoms with Gasteiger partial charge in [0.1, 0.15) is 0 Å². The third-order valence-corrected chi connectivity index (χ3v) is 6.08. The molecule has 2 fully saturated rings. The highest BCUT2D eigenvalue weighted by Crippen LogP contribution is 2.39. The monoisotopic (exact) mass is 365 g/mol. The summed E-state index contributed by atoms with van der Waals surface area (Å²) < 4.78 is 31.4. The lowest BCUT2D eigenvalue weighted by Crippen LogP contribution is -2.71. The maximum absolute atomic E-state index is 12.5. The van der Waals surface area contributed by atoms with E-state index in [0.29, 0.717) is 6.61 Å². The highest BCUT2D eigenvalue weighted by molar-refractivity contribution is 7.88. The van der Waals surface area contributed by atoms with Gasteiger partial charge in [-0.3, -0.25) is 4.79 Å². The smallest absolute Gasteiger partial charge is 0.239 e. The largest absolute Gasteiger partial charge is 0.376 e. The molecule has 0 unspecified atom stereocenters. The first-order valence-electron chi connectivity index (χ1n) is 8.63. The van der Waals surface area contributed by atoms with Gasteiger partial charge in [0, 0.05) is 24.8 Å². The second-order valence-corrected chi connectivity index (χ2v) is 8.88. The number of amides is 1. The van der Waals surface area contributed by atoms with Crippen LogP contribution >= 0.6 is 0 Å². The zero-order chi connectivity index (χ0) is 17.6. The molecule has 1 aromatic carbocycles. The number of nitrogens with zero attached hydrogens (tertiary/aromatic N) is 1. The van der Waals surface area contributed by atoms with Gasteiger partial charge in [0.2, 0.25) is 15.9 Å². The first-order valence-corrected chi connectivity index (χ1v) is 10.5. The SMILES string of the molecule is CS(=O)(=O)N[C@H]1[C@H](NC(=O)CN2CCc3ccccc32)[C@@H]2CCO[C@@H]21. The summed E-state index contributed by atoms with van der Waals surface area (Å²) in [5, 5.41) is 3.03. The first kappa shape index (κ1) is 16.8. The Morgan fingerprint density at radius 2 is 2.12 bits per heavy atom. The summed E-state index contributed by atoms with van der Waals surface area (Å²) in [5.74, 6) is 0.112. The van der Waals surface area contributed by atoms with Gasteiger partial charge in [0.25, 0.3) is 0 Å². The molecule has 0 spiro atoms. The van der Waals surface area contributed by atoms with Crippen LogP contribution in [0.15, 0.2) is 24.3 Å². The van der Waals surface area contributed by atoms with Crippen LogP contribution in [0.2, 0.25) is 0 Å². The topological polar surface area (TPSA) is 87.7 Å². The van der Waals surface area contributed by atoms with Crippen molar-refractivity contribution in [1.82, 2.24) is 10.0 Å². The van der Waals surface area contributed by atoms with Gasteiger partial charge < -0.3 is 15.0 Å². The number of fused-ring (bicyclic) bond motifs is 2. The van der Waals surface area contributed by atoms with E-state index in [-0.39, 0.29) is 36.6 Å². The van der Waals surface area contributed by atoms with Crippen molar-refractivity contribution in [3.63, 3.8) is 0 Å². The number of rotatable bonds is 5. The van der Waals surface area contributed by atoms with Crippen molar-refractivity contribution in [2.45, 2.75) is 31.0 Å². The fourth-order valence-corrected chi connectivity index (χ4v) is 5.04. The van der Waals surface area contributed by atoms with Crippen LogP contribution in [0.3, 0.4) is 0 Å². The predicted octanol–water partition coefficient (Wildman–Crippen LogP) is -0.130. The molecule has 3 aliphatic rings. The number of sulfonamides is 1. The van der Waals surface area contributed by atoms with Crippen molar-refractivity contribution in [3.05, 3.63) is 29.8 Å². The van der Waals surface area contributed by atoms with Crippen molar-refractivity contribution < 1.29 is 17.9 Å². The Morgan fingerprint density at radius 1 is 1.32 bits per heavy atom. The number of anilines is 1. The Bertz CT molecular complexity index is 782. The molecule has 2 N–H and O–H groups in total. The van der Waals surface area contributed by atoms with Crippen molar-refractivity contribution in [2.75, 3.05) is 30.9 Å². The van der Waals surface area contributed by atoms with Gasteiger partial charge in [0.15, 0.2) is 0 Å². The summed E-state index contributed by atoms with van der Waals surface area (Å²) >= 11 is 0. The van der Waals surface area contributed by atoms with E-state index in [2.05, 4.69) is 21.0 Å². The highest BCUT2D eigenvalue weighted by atomic mass is 32.2. The van der Waals surface area contributed by atoms with Gasteiger partial charge in [-0.2, -0.15) is 0 Å². The van der Waals surface area contributed by atoms with Crippen molar-refractivity contribution >= 4 is 21.6 Å². The summed E-state index contributed by atoms with van der Waals surface area (Å²) in [7, 11) is -3.35. The zero-order valence-corrected chi connectivity index (χ0v) is 15.0. The van der Waals surface area contributed by atoms with Crippen molar-refractivity contribution in [3.8, 4) is 0 Å². The molecule has 0 radical (unpaired) electrons. The van der Waals surface area contributed by atoms with Gasteiger partial charge in [-0.15, -0.1) is 0 Å². The minimum absolute atomic E-state index is 0.0765. The maximum atomic E-state index is 12.5. The molecule has 136 valence electrons. The average Bonchev–Trinajstić information content (AvgIpc) is 3.15. The fourth-order valence-electron chi connectivity index (χ4n) is 4.27. The standard InChI is InChI=1S/C17H23N3O4S/c1-25(22,23)19-16-15(12-7-9-24-17(12)16)18-14(21)10-20-8-6-11-4-2-3-5-13(11)20/h2-5,12,15-17,19H,6-10H2,1H3,(H,18,21)/t12-,15+,16-,17-/m0/s1. The molecule has 2 heterocycles. The number of hydrogen-bond donors (Lipinski definition) is 2. The van der Waals surface area contributed by atoms with Crippen LogP contribution in [0, 0.1) is 5.92 Å². The molecule has 1 saturated heterocycles. The number of benzene rings is 1. The average molecular weight is 365 g/mol. The molecule has 2 aliphatic heterocycles. The van der Waals surface area contributed by atoms with Gasteiger partial charge in [-0.1, -0.05) is 18.2 Å². The van der Waals surface area contributed by atoms with Crippen LogP contribution < -0.4 is 14.9 Å². The van der Waals surface area contributed by atoms with E-state index in [0.717, 1.165) is 31.3 Å². The highest BCUT2D eigenvalue weighted by Gasteiger charge is 2.55. The minimum atomic E-state index is -3.35. The molecule has 1 saturated carbocycles. The van der Waals surface area contributed by atoms with Crippen LogP contribution in [0.5, 0.6) is 0 Å². The number of ether oxygens (including phenoxy) is 1. The fraction of sp³-hybridized carbons (Fsp3) is 0.588. The van der Waals surface area contributed by atoms with Crippen molar-refractivity contribution in [1.29, 1.82) is 0 Å². The number of para-hydroxylation sites is 1. The molecule has 25 heavy (non-hydrogen) atoms. The predicted molar refractivity (Wildman–Crippen MR) is 93.9 cm³/mol. The normalized spacial score (nSPS) is 30.5. The van der Waals surface area contributed by atoms with E-state index >= 15 is 0 Å². The number of carbonyl (C=O) groups is 1. The van der Waals surface area contributed by atoms with Crippen LogP contribution in [0.4, 0.5) is 5.69 Å². The van der Waals surface area contributed by atoms with Gasteiger partial charge >= 0.3 is 0 Å². The first-order chi connectivity index (χ1) is 11.9. The zero-order valence-electron chi connectivity index (χ0n) is 14.1. The lowest BCUT2D eigenvalue weighted by molar-refractivity contribution is -0.123. The van der Waals surface area contributed by atoms with E-state index < -0.39 is 10.0 Å². The van der Waals surface area contributed by atoms with E-state index in [1.54, 1.807) is 0 Å². The number of carbonyl (C=O) groups excluding carboxylic acids is 1. The van der Waals surface area contributed by atoms with Crippen LogP contribution in [-0.2, 0) is 26.0 Å². The summed E-state index contributed by atoms with van der Waals surface area (Å²) in [6.07, 6.45) is 2.80. The molecule has 4 atom stereocenters. The lowest BCUT2D eigenvalue weighted by Gasteiger charge is -2.47. The van der Waals surface area contributed by atoms with E-state index in [1.165, 1.54) is 5.56 Å². The molecule has 1 aliphatic carbocycles. The van der Waals surface area contributed by atoms with Crippen LogP contribution in [-0.4, -0.2) is 58.5 Å². The Hall–Kier alpha value is -1.64. The van der Waals surface area contributed by atoms with Crippen LogP contribution in [0.25, 0.3) is 0 Å². The molecule has 1 amide bonds. The van der Waals surface area contributed by atoms with E-state index in [1.807, 2.05) is 18.2 Å². The number of hydrogen-bond acceptors (Lipinski definition) is 5. The molecule has 8 heteroatoms. The van der Waals surface area contributed by atoms with Gasteiger partial charge in [-0.05, 0) is 24.5 Å². The summed E-state index contributed by atoms with van der Waals surface area (Å²) in [5.41, 5.74) is 2.37. The van der Waals surface area contributed by atoms with Gasteiger partial charge in [0.05, 0.1) is 31.0 Å². The summed E-state index contributed by atoms with van der Waals surface area (Å²) in [4.78, 5) is 14.6. The summed E-state index contributed by atoms with van der Waals surface area (Å²) in [6, 6.07) is 7.54. The molecule has 0 aromatic heterocycles. The second-order valence-electron chi connectivity index (χ2n) is 7.10. The quantitative estimate of drug-likeness (QED) is 0.759. The Morgan fingerprint density at radius 3 is 2.92 bits per heavy atom. The molecular formula is C17H23N3O4S. The van der Waals surface area contributed by atoms with E-state index in [9.17, 15) is 13.2 Å². The second kappa shape index (κ2) is 6.26. The lowest BCUT2D eigenvalue weighted by atomic mass is 9.72. The number of nitrogens with one attached hydrogen (secondary N) is 2. The third kappa shape index (κ3) is 3.26. The Kier molecular flexibility index (Phi) is 4.21. The van der Waals surface area contributed by atoms with Crippen molar-refractivity contribution in [2.24, 2.45) is 5.92 Å². The van der Waals surface area contributed by atoms with Gasteiger partial charge in [-0.25, -0.2) is 13.1 Å². The third-order valence-electron chi connectivity index (χ3n) is 5.38.